The lowest BCUT2D eigenvalue weighted by Gasteiger charge is -2.25. The first kappa shape index (κ1) is 14.4. The zero-order chi connectivity index (χ0) is 15.5. The number of ether oxygens (including phenoxy) is 2. The van der Waals surface area contributed by atoms with E-state index in [0.29, 0.717) is 19.1 Å². The quantitative estimate of drug-likeness (QED) is 0.820. The summed E-state index contributed by atoms with van der Waals surface area (Å²) >= 11 is 0. The highest BCUT2D eigenvalue weighted by atomic mass is 16.6. The van der Waals surface area contributed by atoms with Crippen LogP contribution < -0.4 is 20.1 Å². The van der Waals surface area contributed by atoms with Gasteiger partial charge < -0.3 is 20.1 Å². The largest absolute Gasteiger partial charge is 0.486 e. The lowest BCUT2D eigenvalue weighted by molar-refractivity contribution is 0.171. The van der Waals surface area contributed by atoms with Gasteiger partial charge in [-0.15, -0.1) is 0 Å². The van der Waals surface area contributed by atoms with Crippen LogP contribution in [0, 0.1) is 5.92 Å². The summed E-state index contributed by atoms with van der Waals surface area (Å²) in [6, 6.07) is 8.24. The van der Waals surface area contributed by atoms with E-state index in [1.807, 2.05) is 23.0 Å². The molecule has 0 bridgehead atoms. The van der Waals surface area contributed by atoms with E-state index >= 15 is 0 Å². The average molecular weight is 314 g/mol. The molecule has 0 saturated carbocycles. The molecular weight excluding hydrogens is 292 g/mol. The molecule has 0 spiro atoms. The summed E-state index contributed by atoms with van der Waals surface area (Å²) in [4.78, 5) is 0. The summed E-state index contributed by atoms with van der Waals surface area (Å²) in [5, 5.41) is 11.3. The molecule has 2 aliphatic rings. The van der Waals surface area contributed by atoms with E-state index in [-0.39, 0.29) is 0 Å². The second-order valence-electron chi connectivity index (χ2n) is 6.08. The van der Waals surface area contributed by atoms with Crippen LogP contribution in [0.5, 0.6) is 11.5 Å². The van der Waals surface area contributed by atoms with E-state index < -0.39 is 0 Å². The average Bonchev–Trinajstić information content (AvgIpc) is 3.06. The number of nitrogens with one attached hydrogen (secondary N) is 2. The number of hydrogen-bond acceptors (Lipinski definition) is 5. The van der Waals surface area contributed by atoms with E-state index in [9.17, 15) is 0 Å². The smallest absolute Gasteiger partial charge is 0.161 e. The molecule has 2 aromatic rings. The van der Waals surface area contributed by atoms with Crippen LogP contribution in [0.1, 0.15) is 5.56 Å². The Morgan fingerprint density at radius 3 is 3.09 bits per heavy atom. The van der Waals surface area contributed by atoms with Crippen molar-refractivity contribution in [2.75, 3.05) is 38.2 Å². The molecule has 3 heterocycles. The fourth-order valence-electron chi connectivity index (χ4n) is 3.11. The molecule has 0 aliphatic carbocycles. The van der Waals surface area contributed by atoms with Crippen LogP contribution in [0.2, 0.25) is 0 Å². The van der Waals surface area contributed by atoms with Gasteiger partial charge >= 0.3 is 0 Å². The van der Waals surface area contributed by atoms with Gasteiger partial charge in [-0.2, -0.15) is 5.10 Å². The van der Waals surface area contributed by atoms with Gasteiger partial charge in [0.25, 0.3) is 0 Å². The molecule has 6 nitrogen and oxygen atoms in total. The minimum Gasteiger partial charge on any atom is -0.486 e. The predicted molar refractivity (Wildman–Crippen MR) is 88.2 cm³/mol. The molecule has 2 N–H and O–H groups in total. The Hall–Kier alpha value is -2.21. The first-order chi connectivity index (χ1) is 11.4. The summed E-state index contributed by atoms with van der Waals surface area (Å²) in [6.45, 7) is 5.22. The number of rotatable bonds is 5. The van der Waals surface area contributed by atoms with Gasteiger partial charge in [0.15, 0.2) is 11.5 Å². The second kappa shape index (κ2) is 6.50. The maximum atomic E-state index is 5.63. The normalized spacial score (nSPS) is 19.0. The number of aromatic nitrogens is 2. The topological polar surface area (TPSA) is 60.3 Å². The Morgan fingerprint density at radius 2 is 2.13 bits per heavy atom. The summed E-state index contributed by atoms with van der Waals surface area (Å²) in [6.07, 6.45) is 2.84. The van der Waals surface area contributed by atoms with Crippen molar-refractivity contribution in [3.05, 3.63) is 36.0 Å². The van der Waals surface area contributed by atoms with Crippen LogP contribution in [0.15, 0.2) is 30.5 Å². The minimum atomic E-state index is 0.572. The van der Waals surface area contributed by atoms with Gasteiger partial charge in [-0.05, 0) is 30.7 Å². The third kappa shape index (κ3) is 3.27. The monoisotopic (exact) mass is 314 g/mol. The zero-order valence-electron chi connectivity index (χ0n) is 13.1. The van der Waals surface area contributed by atoms with Crippen LogP contribution in [-0.4, -0.2) is 42.6 Å². The van der Waals surface area contributed by atoms with Crippen LogP contribution in [0.25, 0.3) is 0 Å². The summed E-state index contributed by atoms with van der Waals surface area (Å²) in [5.41, 5.74) is 1.28. The highest BCUT2D eigenvalue weighted by Gasteiger charge is 2.17. The van der Waals surface area contributed by atoms with E-state index in [0.717, 1.165) is 49.9 Å². The molecule has 0 fully saturated rings. The van der Waals surface area contributed by atoms with Gasteiger partial charge in [-0.3, -0.25) is 0 Å². The van der Waals surface area contributed by atoms with Crippen LogP contribution >= 0.6 is 0 Å². The van der Waals surface area contributed by atoms with E-state index in [1.165, 1.54) is 5.56 Å². The third-order valence-corrected chi connectivity index (χ3v) is 4.35. The maximum Gasteiger partial charge on any atom is 0.161 e. The Labute approximate surface area is 135 Å². The molecule has 0 amide bonds. The molecule has 0 unspecified atom stereocenters. The number of anilines is 1. The van der Waals surface area contributed by atoms with Gasteiger partial charge in [0.1, 0.15) is 19.0 Å². The molecule has 1 aromatic carbocycles. The molecule has 4 rings (SSSR count). The van der Waals surface area contributed by atoms with Crippen LogP contribution in [-0.2, 0) is 13.0 Å². The van der Waals surface area contributed by atoms with Gasteiger partial charge in [0.2, 0.25) is 0 Å². The Balaban J connectivity index is 1.23. The molecule has 1 aromatic heterocycles. The predicted octanol–water partition coefficient (Wildman–Crippen LogP) is 1.53. The highest BCUT2D eigenvalue weighted by molar-refractivity contribution is 5.43. The molecular formula is C17H22N4O2. The van der Waals surface area contributed by atoms with Crippen molar-refractivity contribution in [1.29, 1.82) is 0 Å². The molecule has 6 heteroatoms. The van der Waals surface area contributed by atoms with Crippen molar-refractivity contribution in [3.63, 3.8) is 0 Å². The van der Waals surface area contributed by atoms with Gasteiger partial charge in [-0.1, -0.05) is 6.07 Å². The van der Waals surface area contributed by atoms with Gasteiger partial charge in [0, 0.05) is 31.6 Å². The Kier molecular flexibility index (Phi) is 4.06. The Morgan fingerprint density at radius 1 is 1.22 bits per heavy atom. The number of nitrogens with zero attached hydrogens (tertiary/aromatic N) is 2. The first-order valence-electron chi connectivity index (χ1n) is 8.23. The zero-order valence-corrected chi connectivity index (χ0v) is 13.1. The van der Waals surface area contributed by atoms with Crippen molar-refractivity contribution in [1.82, 2.24) is 15.1 Å². The lowest BCUT2D eigenvalue weighted by atomic mass is 10.1. The molecule has 23 heavy (non-hydrogen) atoms. The fraction of sp³-hybridized carbons (Fsp3) is 0.471. The summed E-state index contributed by atoms with van der Waals surface area (Å²) < 4.78 is 13.2. The molecule has 122 valence electrons. The first-order valence-corrected chi connectivity index (χ1v) is 8.23. The fourth-order valence-corrected chi connectivity index (χ4v) is 3.11. The van der Waals surface area contributed by atoms with E-state index in [4.69, 9.17) is 9.47 Å². The molecule has 1 atom stereocenters. The van der Waals surface area contributed by atoms with Gasteiger partial charge in [-0.25, -0.2) is 4.68 Å². The standard InChI is InChI=1S/C17H22N4O2/c1-2-15-16(23-8-7-22-15)9-13(1)3-5-18-10-14-11-19-17-4-6-20-21(17)12-14/h1-2,4,6,9,14,18-19H,3,5,7-8,10-12H2/t14-/m0/s1. The second-order valence-corrected chi connectivity index (χ2v) is 6.08. The number of benzene rings is 1. The van der Waals surface area contributed by atoms with Crippen molar-refractivity contribution in [2.45, 2.75) is 13.0 Å². The maximum absolute atomic E-state index is 5.63. The minimum absolute atomic E-state index is 0.572. The molecule has 0 saturated heterocycles. The number of fused-ring (bicyclic) bond motifs is 2. The lowest BCUT2D eigenvalue weighted by Crippen LogP contribution is -2.36. The van der Waals surface area contributed by atoms with E-state index in [2.05, 4.69) is 27.9 Å². The van der Waals surface area contributed by atoms with Crippen molar-refractivity contribution >= 4 is 5.82 Å². The van der Waals surface area contributed by atoms with Crippen molar-refractivity contribution in [3.8, 4) is 11.5 Å². The van der Waals surface area contributed by atoms with Crippen LogP contribution in [0.4, 0.5) is 5.82 Å². The Bertz CT molecular complexity index is 670. The van der Waals surface area contributed by atoms with Crippen molar-refractivity contribution in [2.24, 2.45) is 5.92 Å². The molecule has 0 radical (unpaired) electrons. The summed E-state index contributed by atoms with van der Waals surface area (Å²) in [7, 11) is 0. The third-order valence-electron chi connectivity index (χ3n) is 4.35. The highest BCUT2D eigenvalue weighted by Crippen LogP contribution is 2.30. The number of hydrogen-bond donors (Lipinski definition) is 2. The molecule has 2 aliphatic heterocycles. The van der Waals surface area contributed by atoms with Crippen LogP contribution in [0.3, 0.4) is 0 Å². The van der Waals surface area contributed by atoms with Gasteiger partial charge in [0.05, 0.1) is 6.20 Å². The van der Waals surface area contributed by atoms with Crippen molar-refractivity contribution < 1.29 is 9.47 Å². The SMILES string of the molecule is c1cc2n(n1)C[C@@H](CNCCc1ccc3c(c1)OCCO3)CN2. The summed E-state index contributed by atoms with van der Waals surface area (Å²) in [5.74, 6) is 3.42. The van der Waals surface area contributed by atoms with E-state index in [1.54, 1.807) is 0 Å².